The van der Waals surface area contributed by atoms with Crippen molar-refractivity contribution in [3.63, 3.8) is 0 Å². The van der Waals surface area contributed by atoms with Gasteiger partial charge >= 0.3 is 11.9 Å². The van der Waals surface area contributed by atoms with Crippen LogP contribution in [0.2, 0.25) is 0 Å². The van der Waals surface area contributed by atoms with E-state index in [9.17, 15) is 14.4 Å². The topological polar surface area (TPSA) is 81.7 Å². The van der Waals surface area contributed by atoms with Crippen molar-refractivity contribution >= 4 is 35.3 Å². The van der Waals surface area contributed by atoms with E-state index < -0.39 is 23.1 Å². The summed E-state index contributed by atoms with van der Waals surface area (Å²) in [5, 5.41) is 2.19. The largest absolute Gasteiger partial charge is 0.459 e. The van der Waals surface area contributed by atoms with Crippen LogP contribution in [0.3, 0.4) is 0 Å². The van der Waals surface area contributed by atoms with E-state index in [0.717, 1.165) is 4.90 Å². The molecule has 0 aliphatic carbocycles. The van der Waals surface area contributed by atoms with Crippen molar-refractivity contribution < 1.29 is 23.9 Å². The van der Waals surface area contributed by atoms with Gasteiger partial charge in [-0.1, -0.05) is 18.2 Å². The molecule has 0 spiro atoms. The lowest BCUT2D eigenvalue weighted by atomic mass is 10.2. The summed E-state index contributed by atoms with van der Waals surface area (Å²) < 4.78 is 10.2. The molecular formula is C21H23NO5S. The molecule has 6 nitrogen and oxygen atoms in total. The summed E-state index contributed by atoms with van der Waals surface area (Å²) in [5.74, 6) is -1.34. The summed E-state index contributed by atoms with van der Waals surface area (Å²) in [4.78, 5) is 36.8. The average Bonchev–Trinajstić information content (AvgIpc) is 2.67. The van der Waals surface area contributed by atoms with Crippen molar-refractivity contribution in [2.45, 2.75) is 37.0 Å². The normalized spacial score (nSPS) is 11.6. The number of hydrogen-bond donors (Lipinski definition) is 1. The predicted octanol–water partition coefficient (Wildman–Crippen LogP) is 3.91. The Labute approximate surface area is 168 Å². The van der Waals surface area contributed by atoms with Crippen molar-refractivity contribution in [2.75, 3.05) is 11.9 Å². The Morgan fingerprint density at radius 2 is 1.61 bits per heavy atom. The maximum absolute atomic E-state index is 12.0. The van der Waals surface area contributed by atoms with Gasteiger partial charge < -0.3 is 14.8 Å². The van der Waals surface area contributed by atoms with Gasteiger partial charge in [0.2, 0.25) is 0 Å². The Morgan fingerprint density at radius 1 is 0.964 bits per heavy atom. The number of carbonyl (C=O) groups is 3. The van der Waals surface area contributed by atoms with Gasteiger partial charge in [0.15, 0.2) is 6.61 Å². The quantitative estimate of drug-likeness (QED) is 0.533. The molecule has 0 aliphatic heterocycles. The lowest BCUT2D eigenvalue weighted by Crippen LogP contribution is -2.24. The van der Waals surface area contributed by atoms with Crippen LogP contribution in [0, 0.1) is 0 Å². The fourth-order valence-corrected chi connectivity index (χ4v) is 3.06. The second-order valence-corrected chi connectivity index (χ2v) is 7.67. The van der Waals surface area contributed by atoms with Gasteiger partial charge in [0.25, 0.3) is 5.91 Å². The second-order valence-electron chi connectivity index (χ2n) is 6.26. The zero-order valence-electron chi connectivity index (χ0n) is 16.0. The molecule has 0 saturated heterocycles. The monoisotopic (exact) mass is 401 g/mol. The minimum Gasteiger partial charge on any atom is -0.459 e. The van der Waals surface area contributed by atoms with Crippen LogP contribution in [0.1, 0.15) is 31.1 Å². The van der Waals surface area contributed by atoms with Gasteiger partial charge in [-0.05, 0) is 57.2 Å². The zero-order valence-corrected chi connectivity index (χ0v) is 16.8. The van der Waals surface area contributed by atoms with E-state index in [1.165, 1.54) is 11.8 Å². The molecule has 0 saturated carbocycles. The highest BCUT2D eigenvalue weighted by atomic mass is 32.2. The van der Waals surface area contributed by atoms with E-state index >= 15 is 0 Å². The molecular weight excluding hydrogens is 378 g/mol. The summed E-state index contributed by atoms with van der Waals surface area (Å²) in [7, 11) is 0. The number of anilines is 1. The molecule has 0 unspecified atom stereocenters. The first kappa shape index (κ1) is 21.5. The van der Waals surface area contributed by atoms with E-state index in [-0.39, 0.29) is 12.7 Å². The molecule has 0 bridgehead atoms. The summed E-state index contributed by atoms with van der Waals surface area (Å²) in [6, 6.07) is 15.8. The van der Waals surface area contributed by atoms with E-state index in [0.29, 0.717) is 11.3 Å². The van der Waals surface area contributed by atoms with Crippen LogP contribution in [0.15, 0.2) is 59.5 Å². The molecule has 1 amide bonds. The van der Waals surface area contributed by atoms with Crippen LogP contribution in [0.5, 0.6) is 0 Å². The number of ether oxygens (including phenoxy) is 2. The van der Waals surface area contributed by atoms with Crippen LogP contribution < -0.4 is 5.32 Å². The van der Waals surface area contributed by atoms with Gasteiger partial charge in [-0.15, -0.1) is 11.8 Å². The fourth-order valence-electron chi connectivity index (χ4n) is 2.17. The zero-order chi connectivity index (χ0) is 20.5. The van der Waals surface area contributed by atoms with Crippen molar-refractivity contribution in [2.24, 2.45) is 0 Å². The molecule has 7 heteroatoms. The average molecular weight is 401 g/mol. The van der Waals surface area contributed by atoms with Gasteiger partial charge in [0.05, 0.1) is 11.7 Å². The molecule has 28 heavy (non-hydrogen) atoms. The standard InChI is InChI=1S/C21H23NO5S/c1-14(2)27-21(25)16-9-11-17(12-10-16)22-19(23)13-26-20(24)15(3)28-18-7-5-4-6-8-18/h4-12,14-15H,13H2,1-3H3,(H,22,23)/t15-/m1/s1. The highest BCUT2D eigenvalue weighted by Crippen LogP contribution is 2.23. The van der Waals surface area contributed by atoms with Crippen LogP contribution in [-0.4, -0.2) is 35.8 Å². The van der Waals surface area contributed by atoms with E-state index in [4.69, 9.17) is 9.47 Å². The van der Waals surface area contributed by atoms with Crippen LogP contribution in [0.4, 0.5) is 5.69 Å². The number of hydrogen-bond acceptors (Lipinski definition) is 6. The minimum absolute atomic E-state index is 0.205. The minimum atomic E-state index is -0.462. The molecule has 0 fully saturated rings. The molecule has 0 heterocycles. The van der Waals surface area contributed by atoms with Crippen LogP contribution >= 0.6 is 11.8 Å². The number of benzene rings is 2. The van der Waals surface area contributed by atoms with Crippen molar-refractivity contribution in [3.8, 4) is 0 Å². The Kier molecular flexibility index (Phi) is 8.07. The van der Waals surface area contributed by atoms with Gasteiger partial charge in [-0.25, -0.2) is 4.79 Å². The molecule has 148 valence electrons. The highest BCUT2D eigenvalue weighted by Gasteiger charge is 2.17. The molecule has 1 atom stereocenters. The third kappa shape index (κ3) is 7.08. The predicted molar refractivity (Wildman–Crippen MR) is 108 cm³/mol. The first-order valence-electron chi connectivity index (χ1n) is 8.84. The van der Waals surface area contributed by atoms with Crippen molar-refractivity contribution in [3.05, 3.63) is 60.2 Å². The first-order valence-corrected chi connectivity index (χ1v) is 9.72. The highest BCUT2D eigenvalue weighted by molar-refractivity contribution is 8.00. The lowest BCUT2D eigenvalue weighted by Gasteiger charge is -2.12. The van der Waals surface area contributed by atoms with E-state index in [1.54, 1.807) is 45.0 Å². The van der Waals surface area contributed by atoms with Gasteiger partial charge in [0, 0.05) is 10.6 Å². The summed E-state index contributed by atoms with van der Waals surface area (Å²) in [5.41, 5.74) is 0.888. The lowest BCUT2D eigenvalue weighted by molar-refractivity contribution is -0.146. The number of rotatable bonds is 8. The van der Waals surface area contributed by atoms with Gasteiger partial charge in [0.1, 0.15) is 5.25 Å². The smallest absolute Gasteiger partial charge is 0.338 e. The Bertz CT molecular complexity index is 805. The third-order valence-electron chi connectivity index (χ3n) is 3.48. The number of carbonyl (C=O) groups excluding carboxylic acids is 3. The van der Waals surface area contributed by atoms with Crippen molar-refractivity contribution in [1.82, 2.24) is 0 Å². The number of nitrogens with one attached hydrogen (secondary N) is 1. The number of amides is 1. The Balaban J connectivity index is 1.78. The third-order valence-corrected chi connectivity index (χ3v) is 4.57. The number of esters is 2. The van der Waals surface area contributed by atoms with E-state index in [2.05, 4.69) is 5.32 Å². The Morgan fingerprint density at radius 3 is 2.21 bits per heavy atom. The molecule has 0 aromatic heterocycles. The maximum atomic E-state index is 12.0. The molecule has 2 aromatic carbocycles. The Hall–Kier alpha value is -2.80. The van der Waals surface area contributed by atoms with Crippen LogP contribution in [-0.2, 0) is 19.1 Å². The molecule has 2 aromatic rings. The van der Waals surface area contributed by atoms with Gasteiger partial charge in [-0.3, -0.25) is 9.59 Å². The fraction of sp³-hybridized carbons (Fsp3) is 0.286. The maximum Gasteiger partial charge on any atom is 0.338 e. The second kappa shape index (κ2) is 10.5. The van der Waals surface area contributed by atoms with Crippen LogP contribution in [0.25, 0.3) is 0 Å². The number of thioether (sulfide) groups is 1. The van der Waals surface area contributed by atoms with Crippen molar-refractivity contribution in [1.29, 1.82) is 0 Å². The molecule has 2 rings (SSSR count). The van der Waals surface area contributed by atoms with E-state index in [1.807, 2.05) is 30.3 Å². The summed E-state index contributed by atoms with van der Waals surface area (Å²) >= 11 is 1.37. The molecule has 0 radical (unpaired) electrons. The molecule has 0 aliphatic rings. The SMILES string of the molecule is CC(C)OC(=O)c1ccc(NC(=O)COC(=O)[C@@H](C)Sc2ccccc2)cc1. The summed E-state index contributed by atoms with van der Waals surface area (Å²) in [6.45, 7) is 4.89. The summed E-state index contributed by atoms with van der Waals surface area (Å²) in [6.07, 6.45) is -0.205. The van der Waals surface area contributed by atoms with Gasteiger partial charge in [-0.2, -0.15) is 0 Å². The first-order chi connectivity index (χ1) is 13.3. The molecule has 1 N–H and O–H groups in total.